The second-order valence-corrected chi connectivity index (χ2v) is 6.67. The van der Waals surface area contributed by atoms with Crippen LogP contribution in [0.4, 0.5) is 0 Å². The molecule has 0 saturated carbocycles. The molecule has 1 aliphatic heterocycles. The number of nitrogens with one attached hydrogen (secondary N) is 2. The highest BCUT2D eigenvalue weighted by Crippen LogP contribution is 2.22. The minimum Gasteiger partial charge on any atom is -0.358 e. The summed E-state index contributed by atoms with van der Waals surface area (Å²) in [5.74, 6) is 0.0161. The van der Waals surface area contributed by atoms with Gasteiger partial charge in [0.1, 0.15) is 0 Å². The summed E-state index contributed by atoms with van der Waals surface area (Å²) in [5.41, 5.74) is 4.21. The van der Waals surface area contributed by atoms with E-state index in [9.17, 15) is 4.79 Å². The van der Waals surface area contributed by atoms with Gasteiger partial charge in [0.25, 0.3) is 5.91 Å². The Balaban J connectivity index is 1.53. The van der Waals surface area contributed by atoms with E-state index in [1.807, 2.05) is 18.2 Å². The van der Waals surface area contributed by atoms with Gasteiger partial charge in [0.15, 0.2) is 0 Å². The van der Waals surface area contributed by atoms with Crippen molar-refractivity contribution in [3.05, 3.63) is 35.0 Å². The van der Waals surface area contributed by atoms with Crippen LogP contribution < -0.4 is 5.32 Å². The molecule has 0 radical (unpaired) electrons. The first kappa shape index (κ1) is 17.0. The van der Waals surface area contributed by atoms with Crippen molar-refractivity contribution in [3.8, 4) is 0 Å². The van der Waals surface area contributed by atoms with Gasteiger partial charge in [-0.25, -0.2) is 0 Å². The molecule has 5 nitrogen and oxygen atoms in total. The molecule has 2 aromatic rings. The second-order valence-electron chi connectivity index (χ2n) is 6.67. The van der Waals surface area contributed by atoms with Crippen LogP contribution >= 0.6 is 0 Å². The van der Waals surface area contributed by atoms with E-state index in [0.717, 1.165) is 61.4 Å². The van der Waals surface area contributed by atoms with Crippen LogP contribution in [0.5, 0.6) is 0 Å². The van der Waals surface area contributed by atoms with Crippen molar-refractivity contribution in [1.82, 2.24) is 20.1 Å². The predicted molar refractivity (Wildman–Crippen MR) is 98.7 cm³/mol. The van der Waals surface area contributed by atoms with Crippen LogP contribution in [0.3, 0.4) is 0 Å². The van der Waals surface area contributed by atoms with E-state index in [1.165, 1.54) is 5.56 Å². The largest absolute Gasteiger partial charge is 0.358 e. The molecular weight excluding hydrogens is 300 g/mol. The average Bonchev–Trinajstić information content (AvgIpc) is 2.89. The number of aryl methyl sites for hydroxylation is 2. The van der Waals surface area contributed by atoms with Gasteiger partial charge in [-0.15, -0.1) is 0 Å². The Kier molecular flexibility index (Phi) is 5.21. The molecule has 0 unspecified atom stereocenters. The van der Waals surface area contributed by atoms with E-state index in [2.05, 4.69) is 40.9 Å². The van der Waals surface area contributed by atoms with Crippen LogP contribution in [-0.2, 0) is 0 Å². The van der Waals surface area contributed by atoms with Crippen molar-refractivity contribution in [3.63, 3.8) is 0 Å². The average molecular weight is 328 g/mol. The van der Waals surface area contributed by atoms with E-state index in [0.29, 0.717) is 6.54 Å². The molecule has 1 amide bonds. The summed E-state index contributed by atoms with van der Waals surface area (Å²) >= 11 is 0. The normalized spacial score (nSPS) is 16.6. The maximum atomic E-state index is 12.4. The molecule has 0 spiro atoms. The molecule has 1 aromatic heterocycles. The SMILES string of the molecule is CCN1CCN(CCNC(=O)c2ccc3[nH]c(C)c(C)c3c2)CC1. The first-order valence-corrected chi connectivity index (χ1v) is 8.90. The van der Waals surface area contributed by atoms with E-state index < -0.39 is 0 Å². The molecule has 0 aliphatic carbocycles. The third-order valence-electron chi connectivity index (χ3n) is 5.20. The minimum atomic E-state index is 0.0161. The fourth-order valence-electron chi connectivity index (χ4n) is 3.36. The lowest BCUT2D eigenvalue weighted by Gasteiger charge is -2.33. The zero-order chi connectivity index (χ0) is 17.1. The number of aromatic nitrogens is 1. The second kappa shape index (κ2) is 7.36. The van der Waals surface area contributed by atoms with Crippen LogP contribution in [0.1, 0.15) is 28.5 Å². The number of hydrogen-bond acceptors (Lipinski definition) is 3. The third-order valence-corrected chi connectivity index (χ3v) is 5.20. The van der Waals surface area contributed by atoms with Gasteiger partial charge in [-0.05, 0) is 44.2 Å². The molecule has 5 heteroatoms. The molecule has 3 rings (SSSR count). The van der Waals surface area contributed by atoms with Crippen molar-refractivity contribution < 1.29 is 4.79 Å². The molecule has 24 heavy (non-hydrogen) atoms. The van der Waals surface area contributed by atoms with Gasteiger partial charge in [0.05, 0.1) is 0 Å². The number of benzene rings is 1. The van der Waals surface area contributed by atoms with Crippen molar-refractivity contribution >= 4 is 16.8 Å². The zero-order valence-electron chi connectivity index (χ0n) is 15.0. The highest BCUT2D eigenvalue weighted by Gasteiger charge is 2.15. The van der Waals surface area contributed by atoms with Crippen molar-refractivity contribution in [2.24, 2.45) is 0 Å². The molecule has 1 fully saturated rings. The quantitative estimate of drug-likeness (QED) is 0.884. The van der Waals surface area contributed by atoms with Gasteiger partial charge < -0.3 is 15.2 Å². The van der Waals surface area contributed by atoms with Crippen LogP contribution in [0.15, 0.2) is 18.2 Å². The van der Waals surface area contributed by atoms with Gasteiger partial charge in [0, 0.05) is 61.4 Å². The Bertz CT molecular complexity index is 713. The Labute approximate surface area is 144 Å². The van der Waals surface area contributed by atoms with E-state index in [1.54, 1.807) is 0 Å². The minimum absolute atomic E-state index is 0.0161. The van der Waals surface area contributed by atoms with Gasteiger partial charge in [-0.1, -0.05) is 6.92 Å². The summed E-state index contributed by atoms with van der Waals surface area (Å²) < 4.78 is 0. The number of H-pyrrole nitrogens is 1. The lowest BCUT2D eigenvalue weighted by molar-refractivity contribution is 0.0938. The van der Waals surface area contributed by atoms with Crippen LogP contribution in [-0.4, -0.2) is 66.5 Å². The maximum absolute atomic E-state index is 12.4. The van der Waals surface area contributed by atoms with Crippen LogP contribution in [0.25, 0.3) is 10.9 Å². The topological polar surface area (TPSA) is 51.4 Å². The lowest BCUT2D eigenvalue weighted by Crippen LogP contribution is -2.48. The maximum Gasteiger partial charge on any atom is 0.251 e. The van der Waals surface area contributed by atoms with Crippen LogP contribution in [0.2, 0.25) is 0 Å². The van der Waals surface area contributed by atoms with E-state index in [4.69, 9.17) is 0 Å². The number of rotatable bonds is 5. The number of nitrogens with zero attached hydrogens (tertiary/aromatic N) is 2. The summed E-state index contributed by atoms with van der Waals surface area (Å²) in [6.45, 7) is 13.6. The molecule has 0 bridgehead atoms. The number of fused-ring (bicyclic) bond motifs is 1. The number of likely N-dealkylation sites (N-methyl/N-ethyl adjacent to an activating group) is 1. The predicted octanol–water partition coefficient (Wildman–Crippen LogP) is 2.15. The Morgan fingerprint density at radius 3 is 2.58 bits per heavy atom. The number of carbonyl (C=O) groups is 1. The summed E-state index contributed by atoms with van der Waals surface area (Å²) in [6, 6.07) is 5.88. The molecule has 1 saturated heterocycles. The highest BCUT2D eigenvalue weighted by molar-refractivity contribution is 5.99. The molecule has 130 valence electrons. The zero-order valence-corrected chi connectivity index (χ0v) is 15.0. The van der Waals surface area contributed by atoms with E-state index in [-0.39, 0.29) is 5.91 Å². The van der Waals surface area contributed by atoms with Crippen LogP contribution in [0, 0.1) is 13.8 Å². The molecule has 2 N–H and O–H groups in total. The third kappa shape index (κ3) is 3.62. The Morgan fingerprint density at radius 1 is 1.17 bits per heavy atom. The monoisotopic (exact) mass is 328 g/mol. The van der Waals surface area contributed by atoms with Crippen molar-refractivity contribution in [2.75, 3.05) is 45.8 Å². The Hall–Kier alpha value is -1.85. The number of piperazine rings is 1. The summed E-state index contributed by atoms with van der Waals surface area (Å²) in [4.78, 5) is 20.6. The fraction of sp³-hybridized carbons (Fsp3) is 0.526. The molecule has 0 atom stereocenters. The van der Waals surface area contributed by atoms with Crippen molar-refractivity contribution in [1.29, 1.82) is 0 Å². The van der Waals surface area contributed by atoms with Gasteiger partial charge >= 0.3 is 0 Å². The molecular formula is C19H28N4O. The smallest absolute Gasteiger partial charge is 0.251 e. The molecule has 1 aliphatic rings. The Morgan fingerprint density at radius 2 is 1.88 bits per heavy atom. The first-order valence-electron chi connectivity index (χ1n) is 8.90. The first-order chi connectivity index (χ1) is 11.6. The molecule has 1 aromatic carbocycles. The summed E-state index contributed by atoms with van der Waals surface area (Å²) in [5, 5.41) is 4.19. The number of hydrogen-bond donors (Lipinski definition) is 2. The summed E-state index contributed by atoms with van der Waals surface area (Å²) in [7, 11) is 0. The molecule has 2 heterocycles. The highest BCUT2D eigenvalue weighted by atomic mass is 16.1. The fourth-order valence-corrected chi connectivity index (χ4v) is 3.36. The lowest BCUT2D eigenvalue weighted by atomic mass is 10.1. The summed E-state index contributed by atoms with van der Waals surface area (Å²) in [6.07, 6.45) is 0. The van der Waals surface area contributed by atoms with Gasteiger partial charge in [0.2, 0.25) is 0 Å². The number of aromatic amines is 1. The number of amides is 1. The van der Waals surface area contributed by atoms with E-state index >= 15 is 0 Å². The number of carbonyl (C=O) groups excluding carboxylic acids is 1. The van der Waals surface area contributed by atoms with Crippen molar-refractivity contribution in [2.45, 2.75) is 20.8 Å². The standard InChI is InChI=1S/C19H28N4O/c1-4-22-9-11-23(12-10-22)8-7-20-19(24)16-5-6-18-17(13-16)14(2)15(3)21-18/h5-6,13,21H,4,7-12H2,1-3H3,(H,20,24). The van der Waals surface area contributed by atoms with Gasteiger partial charge in [-0.2, -0.15) is 0 Å². The van der Waals surface area contributed by atoms with Gasteiger partial charge in [-0.3, -0.25) is 9.69 Å².